The summed E-state index contributed by atoms with van der Waals surface area (Å²) in [4.78, 5) is 24.7. The van der Waals surface area contributed by atoms with Crippen LogP contribution in [-0.2, 0) is 11.2 Å². The zero-order valence-electron chi connectivity index (χ0n) is 20.6. The summed E-state index contributed by atoms with van der Waals surface area (Å²) in [6.45, 7) is 11.1. The number of nitrogens with one attached hydrogen (secondary N) is 1. The number of nitrogens with zero attached hydrogens (tertiary/aromatic N) is 3. The molecule has 0 saturated heterocycles. The first-order valence-corrected chi connectivity index (χ1v) is 11.1. The fraction of sp³-hybridized carbons (Fsp3) is 0.417. The third-order valence-corrected chi connectivity index (χ3v) is 5.43. The first-order valence-electron chi connectivity index (χ1n) is 11.1. The molecule has 1 atom stereocenters. The lowest BCUT2D eigenvalue weighted by Gasteiger charge is -2.15. The highest BCUT2D eigenvalue weighted by atomic mass is 19.2. The second-order valence-corrected chi connectivity index (χ2v) is 9.97. The minimum absolute atomic E-state index is 0.0299. The Morgan fingerprint density at radius 3 is 2.40 bits per heavy atom. The third-order valence-electron chi connectivity index (χ3n) is 5.43. The van der Waals surface area contributed by atoms with E-state index in [-0.39, 0.29) is 45.5 Å². The van der Waals surface area contributed by atoms with E-state index >= 15 is 8.78 Å². The second kappa shape index (κ2) is 9.47. The van der Waals surface area contributed by atoms with Gasteiger partial charge in [-0.05, 0) is 38.7 Å². The second-order valence-electron chi connectivity index (χ2n) is 9.97. The van der Waals surface area contributed by atoms with Crippen LogP contribution < -0.4 is 16.8 Å². The molecule has 1 unspecified atom stereocenters. The van der Waals surface area contributed by atoms with E-state index < -0.39 is 29.4 Å². The first-order chi connectivity index (χ1) is 16.2. The van der Waals surface area contributed by atoms with E-state index in [1.807, 2.05) is 20.8 Å². The molecule has 0 bridgehead atoms. The summed E-state index contributed by atoms with van der Waals surface area (Å²) in [5.41, 5.74) is 11.2. The zero-order valence-corrected chi connectivity index (χ0v) is 20.6. The van der Waals surface area contributed by atoms with Gasteiger partial charge < -0.3 is 16.0 Å². The molecule has 0 aliphatic heterocycles. The van der Waals surface area contributed by atoms with E-state index in [4.69, 9.17) is 16.0 Å². The molecule has 35 heavy (non-hydrogen) atoms. The van der Waals surface area contributed by atoms with Gasteiger partial charge in [0.05, 0.1) is 11.6 Å². The number of rotatable bonds is 7. The van der Waals surface area contributed by atoms with Crippen LogP contribution in [0.15, 0.2) is 22.7 Å². The quantitative estimate of drug-likeness (QED) is 0.450. The van der Waals surface area contributed by atoms with Crippen molar-refractivity contribution in [1.29, 1.82) is 0 Å². The minimum atomic E-state index is -1.27. The Hall–Kier alpha value is -3.76. The molecule has 0 saturated carbocycles. The predicted molar refractivity (Wildman–Crippen MR) is 128 cm³/mol. The Labute approximate surface area is 201 Å². The summed E-state index contributed by atoms with van der Waals surface area (Å²) >= 11 is 0. The molecule has 188 valence electrons. The lowest BCUT2D eigenvalue weighted by atomic mass is 9.91. The summed E-state index contributed by atoms with van der Waals surface area (Å²) in [5, 5.41) is 10.6. The highest BCUT2D eigenvalue weighted by Gasteiger charge is 2.29. The fourth-order valence-corrected chi connectivity index (χ4v) is 3.72. The normalized spacial score (nSPS) is 12.7. The van der Waals surface area contributed by atoms with Crippen LogP contribution in [0.2, 0.25) is 0 Å². The summed E-state index contributed by atoms with van der Waals surface area (Å²) < 4.78 is 36.7. The fourth-order valence-electron chi connectivity index (χ4n) is 3.72. The molecular formula is C24H30F2N6O3. The van der Waals surface area contributed by atoms with Crippen molar-refractivity contribution >= 4 is 23.5 Å². The van der Waals surface area contributed by atoms with Crippen LogP contribution in [0.25, 0.3) is 11.3 Å². The van der Waals surface area contributed by atoms with Gasteiger partial charge in [0.15, 0.2) is 11.6 Å². The van der Waals surface area contributed by atoms with Gasteiger partial charge >= 0.3 is 0 Å². The summed E-state index contributed by atoms with van der Waals surface area (Å²) in [7, 11) is 0. The lowest BCUT2D eigenvalue weighted by Crippen LogP contribution is -2.20. The molecular weight excluding hydrogens is 458 g/mol. The van der Waals surface area contributed by atoms with Gasteiger partial charge in [0.2, 0.25) is 11.8 Å². The number of primary amides is 1. The molecule has 1 aromatic carbocycles. The Bertz CT molecular complexity index is 1270. The van der Waals surface area contributed by atoms with E-state index in [0.29, 0.717) is 12.1 Å². The Kier molecular flexibility index (Phi) is 7.00. The van der Waals surface area contributed by atoms with E-state index in [1.165, 1.54) is 23.7 Å². The number of halogens is 2. The maximum atomic E-state index is 15.2. The molecule has 0 aliphatic rings. The number of carbonyl (C=O) groups excluding carboxylic acids is 2. The number of aromatic nitrogens is 3. The van der Waals surface area contributed by atoms with Gasteiger partial charge in [0.1, 0.15) is 17.1 Å². The van der Waals surface area contributed by atoms with Crippen molar-refractivity contribution in [1.82, 2.24) is 14.9 Å². The Morgan fingerprint density at radius 2 is 1.83 bits per heavy atom. The molecule has 0 spiro atoms. The Balaban J connectivity index is 1.90. The minimum Gasteiger partial charge on any atom is -0.383 e. The SMILES string of the molecule is CC(C(=O)Nc1cc(CC(C)(C)C)no1)c1ccc(-c2nn(C(C)C)c(N)c2C(N)=O)c(F)c1F. The number of nitrogens with two attached hydrogens (primary N) is 2. The number of benzene rings is 1. The largest absolute Gasteiger partial charge is 0.383 e. The van der Waals surface area contributed by atoms with Gasteiger partial charge in [-0.3, -0.25) is 14.9 Å². The van der Waals surface area contributed by atoms with E-state index in [9.17, 15) is 9.59 Å². The molecule has 11 heteroatoms. The topological polar surface area (TPSA) is 142 Å². The van der Waals surface area contributed by atoms with Gasteiger partial charge in [0, 0.05) is 23.2 Å². The van der Waals surface area contributed by atoms with Crippen molar-refractivity contribution in [3.63, 3.8) is 0 Å². The lowest BCUT2D eigenvalue weighted by molar-refractivity contribution is -0.117. The molecule has 9 nitrogen and oxygen atoms in total. The number of amides is 2. The van der Waals surface area contributed by atoms with Gasteiger partial charge in [-0.15, -0.1) is 0 Å². The standard InChI is InChI=1S/C24H30F2N6O3/c1-11(2)32-21(27)17(22(28)33)20(30-32)15-8-7-14(18(25)19(15)26)12(3)23(34)29-16-9-13(31-35-16)10-24(4,5)6/h7-9,11-12H,10,27H2,1-6H3,(H2,28,33)(H,29,34). The number of hydrogen-bond donors (Lipinski definition) is 3. The predicted octanol–water partition coefficient (Wildman–Crippen LogP) is 4.41. The van der Waals surface area contributed by atoms with Gasteiger partial charge in [-0.2, -0.15) is 5.10 Å². The molecule has 2 aromatic heterocycles. The van der Waals surface area contributed by atoms with Crippen molar-refractivity contribution in [3.8, 4) is 11.3 Å². The van der Waals surface area contributed by atoms with Crippen molar-refractivity contribution in [2.24, 2.45) is 11.1 Å². The average Bonchev–Trinajstić information content (AvgIpc) is 3.31. The third kappa shape index (κ3) is 5.33. The number of nitrogen functional groups attached to an aromatic ring is 1. The van der Waals surface area contributed by atoms with Gasteiger partial charge in [-0.1, -0.05) is 32.0 Å². The number of hydrogen-bond acceptors (Lipinski definition) is 6. The maximum Gasteiger partial charge on any atom is 0.254 e. The zero-order chi connectivity index (χ0) is 26.2. The van der Waals surface area contributed by atoms with Crippen LogP contribution in [0.1, 0.15) is 75.1 Å². The molecule has 3 aromatic rings. The highest BCUT2D eigenvalue weighted by Crippen LogP contribution is 2.34. The molecule has 0 fully saturated rings. The van der Waals surface area contributed by atoms with Crippen LogP contribution in [0.4, 0.5) is 20.5 Å². The van der Waals surface area contributed by atoms with Gasteiger partial charge in [-0.25, -0.2) is 13.5 Å². The summed E-state index contributed by atoms with van der Waals surface area (Å²) in [5.74, 6) is -5.05. The average molecular weight is 489 g/mol. The van der Waals surface area contributed by atoms with Crippen LogP contribution in [0.5, 0.6) is 0 Å². The maximum absolute atomic E-state index is 15.2. The smallest absolute Gasteiger partial charge is 0.254 e. The van der Waals surface area contributed by atoms with Gasteiger partial charge in [0.25, 0.3) is 5.91 Å². The number of carbonyl (C=O) groups is 2. The van der Waals surface area contributed by atoms with Crippen LogP contribution in [0.3, 0.4) is 0 Å². The van der Waals surface area contributed by atoms with Crippen molar-refractivity contribution < 1.29 is 22.9 Å². The molecule has 2 heterocycles. The molecule has 5 N–H and O–H groups in total. The summed E-state index contributed by atoms with van der Waals surface area (Å²) in [6.07, 6.45) is 0.633. The Morgan fingerprint density at radius 1 is 1.17 bits per heavy atom. The van der Waals surface area contributed by atoms with E-state index in [0.717, 1.165) is 0 Å². The number of anilines is 2. The molecule has 0 aliphatic carbocycles. The van der Waals surface area contributed by atoms with E-state index in [1.54, 1.807) is 19.9 Å². The highest BCUT2D eigenvalue weighted by molar-refractivity contribution is 6.03. The van der Waals surface area contributed by atoms with Crippen molar-refractivity contribution in [2.45, 2.75) is 59.9 Å². The molecule has 2 amide bonds. The van der Waals surface area contributed by atoms with Crippen LogP contribution in [0, 0.1) is 17.0 Å². The molecule has 3 rings (SSSR count). The van der Waals surface area contributed by atoms with E-state index in [2.05, 4.69) is 15.6 Å². The van der Waals surface area contributed by atoms with Crippen LogP contribution >= 0.6 is 0 Å². The first kappa shape index (κ1) is 25.9. The van der Waals surface area contributed by atoms with Crippen LogP contribution in [-0.4, -0.2) is 26.8 Å². The molecule has 0 radical (unpaired) electrons. The van der Waals surface area contributed by atoms with Crippen molar-refractivity contribution in [3.05, 3.63) is 46.7 Å². The summed E-state index contributed by atoms with van der Waals surface area (Å²) in [6, 6.07) is 3.85. The van der Waals surface area contributed by atoms with Crippen molar-refractivity contribution in [2.75, 3.05) is 11.1 Å². The monoisotopic (exact) mass is 488 g/mol.